The van der Waals surface area contributed by atoms with Crippen LogP contribution in [-0.2, 0) is 10.0 Å². The molecule has 140 valence electrons. The summed E-state index contributed by atoms with van der Waals surface area (Å²) >= 11 is 2.16. The monoisotopic (exact) mass is 488 g/mol. The van der Waals surface area contributed by atoms with E-state index < -0.39 is 10.0 Å². The van der Waals surface area contributed by atoms with Crippen LogP contribution in [0.5, 0.6) is 5.75 Å². The van der Waals surface area contributed by atoms with Gasteiger partial charge in [-0.05, 0) is 85.3 Å². The Bertz CT molecular complexity index is 927. The van der Waals surface area contributed by atoms with Crippen LogP contribution in [-0.4, -0.2) is 27.5 Å². The van der Waals surface area contributed by atoms with Crippen molar-refractivity contribution in [3.63, 3.8) is 0 Å². The first-order chi connectivity index (χ1) is 12.1. The Morgan fingerprint density at radius 1 is 1.15 bits per heavy atom. The average molecular weight is 488 g/mol. The fourth-order valence-electron chi connectivity index (χ4n) is 2.32. The molecule has 2 rings (SSSR count). The van der Waals surface area contributed by atoms with Crippen molar-refractivity contribution in [1.82, 2.24) is 5.32 Å². The normalized spacial score (nSPS) is 11.3. The van der Waals surface area contributed by atoms with Gasteiger partial charge in [-0.3, -0.25) is 9.52 Å². The van der Waals surface area contributed by atoms with Gasteiger partial charge in [0.05, 0.1) is 23.3 Å². The number of methoxy groups -OCH3 is 1. The highest BCUT2D eigenvalue weighted by atomic mass is 127. The van der Waals surface area contributed by atoms with E-state index in [1.54, 1.807) is 6.07 Å². The molecule has 0 aliphatic rings. The number of halogens is 1. The second-order valence-corrected chi connectivity index (χ2v) is 8.98. The Morgan fingerprint density at radius 2 is 1.85 bits per heavy atom. The molecule has 0 aliphatic heterocycles. The number of anilines is 1. The van der Waals surface area contributed by atoms with Crippen molar-refractivity contribution in [2.45, 2.75) is 31.7 Å². The maximum absolute atomic E-state index is 12.7. The third kappa shape index (κ3) is 4.88. The molecule has 0 bridgehead atoms. The minimum atomic E-state index is -3.85. The molecule has 0 heterocycles. The Balaban J connectivity index is 2.41. The predicted octanol–water partition coefficient (Wildman–Crippen LogP) is 3.55. The number of aryl methyl sites for hydroxylation is 1. The van der Waals surface area contributed by atoms with E-state index in [1.807, 2.05) is 32.9 Å². The van der Waals surface area contributed by atoms with E-state index in [-0.39, 0.29) is 22.4 Å². The number of benzene rings is 2. The molecule has 0 unspecified atom stereocenters. The van der Waals surface area contributed by atoms with E-state index in [1.165, 1.54) is 25.3 Å². The Labute approximate surface area is 167 Å². The molecule has 1 amide bonds. The lowest BCUT2D eigenvalue weighted by molar-refractivity contribution is 0.0940. The maximum Gasteiger partial charge on any atom is 0.261 e. The van der Waals surface area contributed by atoms with Gasteiger partial charge < -0.3 is 10.1 Å². The van der Waals surface area contributed by atoms with Crippen molar-refractivity contribution in [2.75, 3.05) is 11.8 Å². The second kappa shape index (κ2) is 8.26. The molecular formula is C18H21IN2O4S. The molecule has 6 nitrogen and oxygen atoms in total. The van der Waals surface area contributed by atoms with Gasteiger partial charge in [-0.15, -0.1) is 0 Å². The minimum absolute atomic E-state index is 0.00911. The summed E-state index contributed by atoms with van der Waals surface area (Å²) in [5.41, 5.74) is 1.48. The quantitative estimate of drug-likeness (QED) is 0.610. The molecule has 0 spiro atoms. The molecule has 2 aromatic carbocycles. The molecule has 2 N–H and O–H groups in total. The lowest BCUT2D eigenvalue weighted by Crippen LogP contribution is -2.30. The first-order valence-corrected chi connectivity index (χ1v) is 10.5. The van der Waals surface area contributed by atoms with Crippen LogP contribution in [0.1, 0.15) is 29.8 Å². The van der Waals surface area contributed by atoms with Crippen LogP contribution in [0.3, 0.4) is 0 Å². The SMILES string of the molecule is COc1ccc(S(=O)(=O)Nc2ccc(I)cc2C)cc1C(=O)NC(C)C. The average Bonchev–Trinajstić information content (AvgIpc) is 2.56. The number of hydrogen-bond donors (Lipinski definition) is 2. The molecule has 8 heteroatoms. The third-order valence-electron chi connectivity index (χ3n) is 3.58. The van der Waals surface area contributed by atoms with Crippen molar-refractivity contribution in [2.24, 2.45) is 0 Å². The lowest BCUT2D eigenvalue weighted by Gasteiger charge is -2.15. The van der Waals surface area contributed by atoms with Crippen molar-refractivity contribution in [3.8, 4) is 5.75 Å². The molecule has 0 saturated heterocycles. The zero-order chi connectivity index (χ0) is 19.5. The highest BCUT2D eigenvalue weighted by Gasteiger charge is 2.21. The van der Waals surface area contributed by atoms with Crippen LogP contribution < -0.4 is 14.8 Å². The zero-order valence-electron chi connectivity index (χ0n) is 15.0. The van der Waals surface area contributed by atoms with Crippen molar-refractivity contribution in [3.05, 3.63) is 51.1 Å². The fourth-order valence-corrected chi connectivity index (χ4v) is 4.12. The van der Waals surface area contributed by atoms with E-state index in [0.717, 1.165) is 9.13 Å². The number of hydrogen-bond acceptors (Lipinski definition) is 4. The first kappa shape index (κ1) is 20.5. The van der Waals surface area contributed by atoms with Crippen molar-refractivity contribution < 1.29 is 17.9 Å². The Morgan fingerprint density at radius 3 is 2.42 bits per heavy atom. The van der Waals surface area contributed by atoms with Crippen LogP contribution in [0.15, 0.2) is 41.3 Å². The van der Waals surface area contributed by atoms with Crippen molar-refractivity contribution in [1.29, 1.82) is 0 Å². The number of carbonyl (C=O) groups is 1. The van der Waals surface area contributed by atoms with Gasteiger partial charge in [0.25, 0.3) is 15.9 Å². The van der Waals surface area contributed by atoms with Gasteiger partial charge >= 0.3 is 0 Å². The second-order valence-electron chi connectivity index (χ2n) is 6.05. The summed E-state index contributed by atoms with van der Waals surface area (Å²) in [7, 11) is -2.41. The van der Waals surface area contributed by atoms with E-state index in [4.69, 9.17) is 4.74 Å². The van der Waals surface area contributed by atoms with E-state index in [2.05, 4.69) is 32.6 Å². The minimum Gasteiger partial charge on any atom is -0.496 e. The highest BCUT2D eigenvalue weighted by molar-refractivity contribution is 14.1. The van der Waals surface area contributed by atoms with Gasteiger partial charge in [-0.2, -0.15) is 0 Å². The number of sulfonamides is 1. The summed E-state index contributed by atoms with van der Waals surface area (Å²) in [6.07, 6.45) is 0. The van der Waals surface area contributed by atoms with Crippen LogP contribution in [0.25, 0.3) is 0 Å². The van der Waals surface area contributed by atoms with Gasteiger partial charge in [0, 0.05) is 9.61 Å². The number of rotatable bonds is 6. The predicted molar refractivity (Wildman–Crippen MR) is 110 cm³/mol. The molecule has 0 aliphatic carbocycles. The Hall–Kier alpha value is -1.81. The summed E-state index contributed by atoms with van der Waals surface area (Å²) in [6.45, 7) is 5.48. The number of carbonyl (C=O) groups excluding carboxylic acids is 1. The lowest BCUT2D eigenvalue weighted by atomic mass is 10.2. The summed E-state index contributed by atoms with van der Waals surface area (Å²) in [5, 5.41) is 2.74. The smallest absolute Gasteiger partial charge is 0.261 e. The highest BCUT2D eigenvalue weighted by Crippen LogP contribution is 2.26. The fraction of sp³-hybridized carbons (Fsp3) is 0.278. The van der Waals surface area contributed by atoms with Gasteiger partial charge in [0.1, 0.15) is 5.75 Å². The van der Waals surface area contributed by atoms with Gasteiger partial charge in [-0.25, -0.2) is 8.42 Å². The molecule has 2 aromatic rings. The van der Waals surface area contributed by atoms with Crippen LogP contribution in [0.4, 0.5) is 5.69 Å². The summed E-state index contributed by atoms with van der Waals surface area (Å²) in [5.74, 6) is -0.0770. The van der Waals surface area contributed by atoms with Crippen LogP contribution >= 0.6 is 22.6 Å². The number of amides is 1. The number of nitrogens with one attached hydrogen (secondary N) is 2. The molecule has 0 fully saturated rings. The summed E-state index contributed by atoms with van der Waals surface area (Å²) < 4.78 is 34.3. The standard InChI is InChI=1S/C18H21IN2O4S/c1-11(2)20-18(22)15-10-14(6-8-17(15)25-4)26(23,24)21-16-7-5-13(19)9-12(16)3/h5-11,21H,1-4H3,(H,20,22). The summed E-state index contributed by atoms with van der Waals surface area (Å²) in [4.78, 5) is 12.3. The van der Waals surface area contributed by atoms with E-state index >= 15 is 0 Å². The van der Waals surface area contributed by atoms with E-state index in [0.29, 0.717) is 11.4 Å². The number of ether oxygens (including phenoxy) is 1. The van der Waals surface area contributed by atoms with E-state index in [9.17, 15) is 13.2 Å². The summed E-state index contributed by atoms with van der Waals surface area (Å²) in [6, 6.07) is 9.54. The van der Waals surface area contributed by atoms with Crippen molar-refractivity contribution >= 4 is 44.2 Å². The third-order valence-corrected chi connectivity index (χ3v) is 5.61. The van der Waals surface area contributed by atoms with Gasteiger partial charge in [0.15, 0.2) is 0 Å². The topological polar surface area (TPSA) is 84.5 Å². The molecule has 26 heavy (non-hydrogen) atoms. The van der Waals surface area contributed by atoms with Gasteiger partial charge in [0.2, 0.25) is 0 Å². The largest absolute Gasteiger partial charge is 0.496 e. The first-order valence-electron chi connectivity index (χ1n) is 7.92. The molecule has 0 atom stereocenters. The molecule has 0 saturated carbocycles. The molecular weight excluding hydrogens is 467 g/mol. The molecule has 0 radical (unpaired) electrons. The molecule has 0 aromatic heterocycles. The van der Waals surface area contributed by atoms with Gasteiger partial charge in [-0.1, -0.05) is 0 Å². The zero-order valence-corrected chi connectivity index (χ0v) is 17.9. The van der Waals surface area contributed by atoms with Crippen LogP contribution in [0, 0.1) is 10.5 Å². The Kier molecular flexibility index (Phi) is 6.51. The van der Waals surface area contributed by atoms with Crippen LogP contribution in [0.2, 0.25) is 0 Å². The maximum atomic E-state index is 12.7.